The largest absolute Gasteiger partial charge is 0.872 e. The van der Waals surface area contributed by atoms with Crippen molar-refractivity contribution in [3.05, 3.63) is 57.6 Å². The Hall–Kier alpha value is -2.74. The fraction of sp³-hybridized carbons (Fsp3) is 0.188. The highest BCUT2D eigenvalue weighted by molar-refractivity contribution is 7.98. The van der Waals surface area contributed by atoms with Crippen LogP contribution in [0.3, 0.4) is 0 Å². The van der Waals surface area contributed by atoms with Gasteiger partial charge in [0.15, 0.2) is 0 Å². The van der Waals surface area contributed by atoms with E-state index in [4.69, 9.17) is 4.74 Å². The third-order valence-corrected chi connectivity index (χ3v) is 4.07. The highest BCUT2D eigenvalue weighted by Gasteiger charge is 2.14. The normalized spacial score (nSPS) is 10.2. The zero-order valence-corrected chi connectivity index (χ0v) is 13.9. The summed E-state index contributed by atoms with van der Waals surface area (Å²) in [6.45, 7) is -0.104. The number of nitrogens with zero attached hydrogens (tertiary/aromatic N) is 1. The minimum absolute atomic E-state index is 0.104. The highest BCUT2D eigenvalue weighted by atomic mass is 32.2. The van der Waals surface area contributed by atoms with Gasteiger partial charge in [-0.2, -0.15) is 0 Å². The third-order valence-electron chi connectivity index (χ3n) is 3.35. The smallest absolute Gasteiger partial charge is 0.269 e. The first-order valence-corrected chi connectivity index (χ1v) is 8.13. The SMILES string of the molecule is COc1cc(SC)ccc1C(=O)NCc1cc([N+](=O)[O-])ccc1[O-]. The molecule has 2 aromatic rings. The van der Waals surface area contributed by atoms with Gasteiger partial charge in [0.05, 0.1) is 17.6 Å². The molecule has 126 valence electrons. The Morgan fingerprint density at radius 1 is 1.29 bits per heavy atom. The van der Waals surface area contributed by atoms with E-state index in [1.54, 1.807) is 18.2 Å². The molecular formula is C16H15N2O5S-. The number of rotatable bonds is 6. The van der Waals surface area contributed by atoms with Crippen LogP contribution < -0.4 is 15.2 Å². The van der Waals surface area contributed by atoms with E-state index < -0.39 is 10.8 Å². The standard InChI is InChI=1S/C16H16N2O5S/c1-23-15-8-12(24-2)4-5-13(15)16(20)17-9-10-7-11(18(21)22)3-6-14(10)19/h3-8,19H,9H2,1-2H3,(H,17,20)/p-1. The van der Waals surface area contributed by atoms with Crippen molar-refractivity contribution in [3.8, 4) is 11.5 Å². The molecule has 0 saturated heterocycles. The summed E-state index contributed by atoms with van der Waals surface area (Å²) in [5, 5.41) is 25.1. The number of non-ortho nitro benzene ring substituents is 1. The Labute approximate surface area is 142 Å². The molecule has 0 bridgehead atoms. The number of hydrogen-bond acceptors (Lipinski definition) is 6. The molecule has 0 heterocycles. The Balaban J connectivity index is 2.16. The van der Waals surface area contributed by atoms with Crippen LogP contribution in [0.25, 0.3) is 0 Å². The maximum Gasteiger partial charge on any atom is 0.269 e. The molecule has 0 radical (unpaired) electrons. The molecule has 0 unspecified atom stereocenters. The number of benzene rings is 2. The summed E-state index contributed by atoms with van der Waals surface area (Å²) in [5.41, 5.74) is 0.284. The van der Waals surface area contributed by atoms with Crippen molar-refractivity contribution in [2.45, 2.75) is 11.4 Å². The van der Waals surface area contributed by atoms with Crippen molar-refractivity contribution >= 4 is 23.4 Å². The van der Waals surface area contributed by atoms with Crippen LogP contribution in [0.5, 0.6) is 11.5 Å². The summed E-state index contributed by atoms with van der Waals surface area (Å²) in [5.74, 6) is -0.378. The maximum absolute atomic E-state index is 12.3. The topological polar surface area (TPSA) is 105 Å². The van der Waals surface area contributed by atoms with Crippen LogP contribution in [0.2, 0.25) is 0 Å². The lowest BCUT2D eigenvalue weighted by atomic mass is 10.1. The van der Waals surface area contributed by atoms with Crippen molar-refractivity contribution in [2.75, 3.05) is 13.4 Å². The van der Waals surface area contributed by atoms with Gasteiger partial charge in [0.1, 0.15) is 5.75 Å². The van der Waals surface area contributed by atoms with E-state index in [-0.39, 0.29) is 23.5 Å². The molecule has 0 aromatic heterocycles. The second kappa shape index (κ2) is 7.69. The summed E-state index contributed by atoms with van der Waals surface area (Å²) in [6, 6.07) is 8.58. The summed E-state index contributed by atoms with van der Waals surface area (Å²) in [6.07, 6.45) is 1.91. The molecule has 8 heteroatoms. The van der Waals surface area contributed by atoms with Gasteiger partial charge in [-0.3, -0.25) is 14.9 Å². The average Bonchev–Trinajstić information content (AvgIpc) is 2.59. The average molecular weight is 347 g/mol. The highest BCUT2D eigenvalue weighted by Crippen LogP contribution is 2.26. The van der Waals surface area contributed by atoms with Gasteiger partial charge in [-0.1, -0.05) is 6.07 Å². The van der Waals surface area contributed by atoms with E-state index in [0.717, 1.165) is 23.1 Å². The van der Waals surface area contributed by atoms with Crippen LogP contribution in [0, 0.1) is 10.1 Å². The van der Waals surface area contributed by atoms with Crippen LogP contribution in [0.4, 0.5) is 5.69 Å². The van der Waals surface area contributed by atoms with Crippen LogP contribution in [0.15, 0.2) is 41.3 Å². The lowest BCUT2D eigenvalue weighted by Gasteiger charge is -2.14. The number of carbonyl (C=O) groups excluding carboxylic acids is 1. The first-order valence-electron chi connectivity index (χ1n) is 6.90. The zero-order chi connectivity index (χ0) is 17.7. The monoisotopic (exact) mass is 347 g/mol. The predicted molar refractivity (Wildman–Crippen MR) is 88.5 cm³/mol. The van der Waals surface area contributed by atoms with E-state index in [1.165, 1.54) is 18.9 Å². The summed E-state index contributed by atoms with van der Waals surface area (Å²) in [4.78, 5) is 23.4. The fourth-order valence-electron chi connectivity index (χ4n) is 2.07. The van der Waals surface area contributed by atoms with Crippen molar-refractivity contribution in [1.29, 1.82) is 0 Å². The number of nitrogens with one attached hydrogen (secondary N) is 1. The van der Waals surface area contributed by atoms with Crippen molar-refractivity contribution in [3.63, 3.8) is 0 Å². The molecule has 0 saturated carbocycles. The number of ether oxygens (including phenoxy) is 1. The maximum atomic E-state index is 12.3. The van der Waals surface area contributed by atoms with Gasteiger partial charge in [0.2, 0.25) is 0 Å². The van der Waals surface area contributed by atoms with E-state index >= 15 is 0 Å². The zero-order valence-electron chi connectivity index (χ0n) is 13.1. The van der Waals surface area contributed by atoms with Gasteiger partial charge in [-0.25, -0.2) is 0 Å². The summed E-state index contributed by atoms with van der Waals surface area (Å²) in [7, 11) is 1.46. The number of thioether (sulfide) groups is 1. The summed E-state index contributed by atoms with van der Waals surface area (Å²) >= 11 is 1.52. The molecule has 1 N–H and O–H groups in total. The van der Waals surface area contributed by atoms with Gasteiger partial charge in [-0.15, -0.1) is 17.5 Å². The number of nitro groups is 1. The molecule has 1 amide bonds. The molecule has 0 aliphatic heterocycles. The van der Waals surface area contributed by atoms with Crippen molar-refractivity contribution < 1.29 is 19.6 Å². The predicted octanol–water partition coefficient (Wildman–Crippen LogP) is 2.33. The number of carbonyl (C=O) groups is 1. The second-order valence-corrected chi connectivity index (χ2v) is 5.68. The second-order valence-electron chi connectivity index (χ2n) is 4.80. The first-order chi connectivity index (χ1) is 11.5. The minimum Gasteiger partial charge on any atom is -0.872 e. The van der Waals surface area contributed by atoms with Gasteiger partial charge in [-0.05, 0) is 30.0 Å². The molecule has 0 fully saturated rings. The molecule has 0 aliphatic rings. The van der Waals surface area contributed by atoms with Crippen LogP contribution in [-0.4, -0.2) is 24.2 Å². The molecule has 7 nitrogen and oxygen atoms in total. The van der Waals surface area contributed by atoms with Crippen LogP contribution in [-0.2, 0) is 6.54 Å². The molecule has 0 aliphatic carbocycles. The first kappa shape index (κ1) is 17.6. The fourth-order valence-corrected chi connectivity index (χ4v) is 2.50. The van der Waals surface area contributed by atoms with Gasteiger partial charge >= 0.3 is 0 Å². The van der Waals surface area contributed by atoms with Crippen LogP contribution in [0.1, 0.15) is 15.9 Å². The van der Waals surface area contributed by atoms with E-state index in [9.17, 15) is 20.0 Å². The number of nitro benzene ring substituents is 1. The van der Waals surface area contributed by atoms with Gasteiger partial charge < -0.3 is 15.2 Å². The van der Waals surface area contributed by atoms with E-state index in [0.29, 0.717) is 11.3 Å². The van der Waals surface area contributed by atoms with Gasteiger partial charge in [0.25, 0.3) is 11.6 Å². The third kappa shape index (κ3) is 3.96. The Kier molecular flexibility index (Phi) is 5.64. The quantitative estimate of drug-likeness (QED) is 0.488. The summed E-state index contributed by atoms with van der Waals surface area (Å²) < 4.78 is 5.21. The Bertz CT molecular complexity index is 779. The van der Waals surface area contributed by atoms with Crippen molar-refractivity contribution in [2.24, 2.45) is 0 Å². The molecular weight excluding hydrogens is 332 g/mol. The number of amides is 1. The number of methoxy groups -OCH3 is 1. The van der Waals surface area contributed by atoms with Crippen LogP contribution >= 0.6 is 11.8 Å². The van der Waals surface area contributed by atoms with E-state index in [1.807, 2.05) is 6.26 Å². The Morgan fingerprint density at radius 3 is 2.67 bits per heavy atom. The minimum atomic E-state index is -0.588. The lowest BCUT2D eigenvalue weighted by Crippen LogP contribution is -2.24. The molecule has 0 spiro atoms. The van der Waals surface area contributed by atoms with E-state index in [2.05, 4.69) is 5.32 Å². The molecule has 2 rings (SSSR count). The van der Waals surface area contributed by atoms with Crippen molar-refractivity contribution in [1.82, 2.24) is 5.32 Å². The molecule has 24 heavy (non-hydrogen) atoms. The molecule has 0 atom stereocenters. The Morgan fingerprint density at radius 2 is 2.04 bits per heavy atom. The molecule has 2 aromatic carbocycles. The lowest BCUT2D eigenvalue weighted by molar-refractivity contribution is -0.385. The number of hydrogen-bond donors (Lipinski definition) is 1. The van der Waals surface area contributed by atoms with Gasteiger partial charge in [0, 0.05) is 23.6 Å².